The fraction of sp³-hybridized carbons (Fsp3) is 0.529. The summed E-state index contributed by atoms with van der Waals surface area (Å²) in [6.45, 7) is 6.27. The lowest BCUT2D eigenvalue weighted by Crippen LogP contribution is -2.48. The van der Waals surface area contributed by atoms with Gasteiger partial charge in [-0.05, 0) is 42.5 Å². The molecule has 1 aromatic carbocycles. The number of halogens is 1. The molecule has 4 nitrogen and oxygen atoms in total. The Morgan fingerprint density at radius 1 is 1.36 bits per heavy atom. The van der Waals surface area contributed by atoms with Crippen LogP contribution in [0, 0.1) is 5.92 Å². The molecular formula is C17H22BrNO3. The van der Waals surface area contributed by atoms with Crippen molar-refractivity contribution in [2.45, 2.75) is 46.1 Å². The van der Waals surface area contributed by atoms with Gasteiger partial charge < -0.3 is 4.74 Å². The number of amides is 1. The normalized spacial score (nSPS) is 15.7. The highest BCUT2D eigenvalue weighted by atomic mass is 79.9. The summed E-state index contributed by atoms with van der Waals surface area (Å²) in [5, 5.41) is 0. The Morgan fingerprint density at radius 2 is 2.09 bits per heavy atom. The fourth-order valence-corrected chi connectivity index (χ4v) is 3.04. The maximum atomic E-state index is 12.4. The minimum atomic E-state index is -0.550. The van der Waals surface area contributed by atoms with Gasteiger partial charge in [0.1, 0.15) is 6.04 Å². The lowest BCUT2D eigenvalue weighted by molar-refractivity contribution is -0.147. The zero-order valence-corrected chi connectivity index (χ0v) is 14.9. The first-order valence-corrected chi connectivity index (χ1v) is 8.50. The van der Waals surface area contributed by atoms with Gasteiger partial charge in [0.25, 0.3) is 0 Å². The third-order valence-corrected chi connectivity index (χ3v) is 4.20. The van der Waals surface area contributed by atoms with Crippen molar-refractivity contribution in [2.24, 2.45) is 5.92 Å². The maximum absolute atomic E-state index is 12.4. The van der Waals surface area contributed by atoms with Crippen molar-refractivity contribution in [1.82, 2.24) is 0 Å². The van der Waals surface area contributed by atoms with Crippen molar-refractivity contribution in [1.29, 1.82) is 0 Å². The van der Waals surface area contributed by atoms with E-state index in [2.05, 4.69) is 15.9 Å². The van der Waals surface area contributed by atoms with E-state index in [0.29, 0.717) is 25.9 Å². The van der Waals surface area contributed by atoms with Gasteiger partial charge in [-0.2, -0.15) is 0 Å². The van der Waals surface area contributed by atoms with Crippen molar-refractivity contribution < 1.29 is 14.3 Å². The van der Waals surface area contributed by atoms with Gasteiger partial charge in [0.2, 0.25) is 5.91 Å². The first-order chi connectivity index (χ1) is 10.4. The van der Waals surface area contributed by atoms with Crippen LogP contribution in [0.15, 0.2) is 22.7 Å². The molecule has 0 spiro atoms. The topological polar surface area (TPSA) is 46.6 Å². The molecule has 0 saturated carbocycles. The number of hydrogen-bond acceptors (Lipinski definition) is 3. The number of anilines is 1. The van der Waals surface area contributed by atoms with Crippen molar-refractivity contribution >= 4 is 33.5 Å². The molecule has 22 heavy (non-hydrogen) atoms. The number of esters is 1. The molecule has 1 atom stereocenters. The quantitative estimate of drug-likeness (QED) is 0.745. The summed E-state index contributed by atoms with van der Waals surface area (Å²) in [5.41, 5.74) is 1.91. The predicted octanol–water partition coefficient (Wildman–Crippen LogP) is 3.71. The first kappa shape index (κ1) is 17.0. The molecule has 0 radical (unpaired) electrons. The number of rotatable bonds is 5. The van der Waals surface area contributed by atoms with E-state index in [4.69, 9.17) is 4.74 Å². The second-order valence-corrected chi connectivity index (χ2v) is 6.90. The van der Waals surface area contributed by atoms with E-state index in [1.54, 1.807) is 4.90 Å². The zero-order chi connectivity index (χ0) is 16.3. The van der Waals surface area contributed by atoms with E-state index in [0.717, 1.165) is 15.7 Å². The SMILES string of the molecule is CCC(C(=O)OCC(C)C)N1C(=O)CCc2cc(Br)ccc21. The summed E-state index contributed by atoms with van der Waals surface area (Å²) in [4.78, 5) is 26.4. The third kappa shape index (κ3) is 3.69. The number of carbonyl (C=O) groups is 2. The van der Waals surface area contributed by atoms with Crippen molar-refractivity contribution in [3.8, 4) is 0 Å². The number of hydrogen-bond donors (Lipinski definition) is 0. The number of aryl methyl sites for hydroxylation is 1. The van der Waals surface area contributed by atoms with Gasteiger partial charge in [0, 0.05) is 16.6 Å². The van der Waals surface area contributed by atoms with Crippen LogP contribution in [-0.2, 0) is 20.7 Å². The van der Waals surface area contributed by atoms with Crippen molar-refractivity contribution in [3.63, 3.8) is 0 Å². The number of fused-ring (bicyclic) bond motifs is 1. The minimum absolute atomic E-state index is 0.0110. The second-order valence-electron chi connectivity index (χ2n) is 5.98. The average molecular weight is 368 g/mol. The lowest BCUT2D eigenvalue weighted by atomic mass is 9.98. The first-order valence-electron chi connectivity index (χ1n) is 7.71. The van der Waals surface area contributed by atoms with E-state index < -0.39 is 6.04 Å². The molecule has 0 fully saturated rings. The summed E-state index contributed by atoms with van der Waals surface area (Å²) >= 11 is 3.45. The van der Waals surface area contributed by atoms with Gasteiger partial charge in [0.05, 0.1) is 6.61 Å². The molecule has 1 unspecified atom stereocenters. The average Bonchev–Trinajstić information content (AvgIpc) is 2.48. The number of carbonyl (C=O) groups excluding carboxylic acids is 2. The van der Waals surface area contributed by atoms with Crippen LogP contribution in [0.4, 0.5) is 5.69 Å². The molecule has 0 bridgehead atoms. The molecule has 0 aliphatic carbocycles. The molecule has 1 amide bonds. The number of nitrogens with zero attached hydrogens (tertiary/aromatic N) is 1. The Morgan fingerprint density at radius 3 is 2.73 bits per heavy atom. The van der Waals surface area contributed by atoms with Gasteiger partial charge in [-0.15, -0.1) is 0 Å². The summed E-state index contributed by atoms with van der Waals surface area (Å²) in [5.74, 6) is -0.0507. The highest BCUT2D eigenvalue weighted by Gasteiger charge is 2.34. The number of benzene rings is 1. The van der Waals surface area contributed by atoms with Crippen LogP contribution in [0.25, 0.3) is 0 Å². The van der Waals surface area contributed by atoms with Gasteiger partial charge in [-0.1, -0.05) is 36.7 Å². The van der Waals surface area contributed by atoms with E-state index in [-0.39, 0.29) is 17.8 Å². The Hall–Kier alpha value is -1.36. The van der Waals surface area contributed by atoms with Gasteiger partial charge in [-0.3, -0.25) is 9.69 Å². The molecule has 120 valence electrons. The molecular weight excluding hydrogens is 346 g/mol. The van der Waals surface area contributed by atoms with Gasteiger partial charge in [-0.25, -0.2) is 4.79 Å². The molecule has 5 heteroatoms. The van der Waals surface area contributed by atoms with Crippen LogP contribution in [0.1, 0.15) is 39.2 Å². The standard InChI is InChI=1S/C17H22BrNO3/c1-4-14(17(21)22-10-11(2)3)19-15-7-6-13(18)9-12(15)5-8-16(19)20/h6-7,9,11,14H,4-5,8,10H2,1-3H3. The van der Waals surface area contributed by atoms with E-state index >= 15 is 0 Å². The monoisotopic (exact) mass is 367 g/mol. The van der Waals surface area contributed by atoms with Crippen LogP contribution in [0.5, 0.6) is 0 Å². The van der Waals surface area contributed by atoms with Gasteiger partial charge >= 0.3 is 5.97 Å². The maximum Gasteiger partial charge on any atom is 0.329 e. The molecule has 1 aliphatic rings. The largest absolute Gasteiger partial charge is 0.464 e. The van der Waals surface area contributed by atoms with Gasteiger partial charge in [0.15, 0.2) is 0 Å². The highest BCUT2D eigenvalue weighted by Crippen LogP contribution is 2.32. The molecule has 1 heterocycles. The lowest BCUT2D eigenvalue weighted by Gasteiger charge is -2.34. The van der Waals surface area contributed by atoms with Crippen LogP contribution >= 0.6 is 15.9 Å². The van der Waals surface area contributed by atoms with Crippen LogP contribution in [0.2, 0.25) is 0 Å². The molecule has 1 aliphatic heterocycles. The fourth-order valence-electron chi connectivity index (χ4n) is 2.63. The van der Waals surface area contributed by atoms with Crippen molar-refractivity contribution in [2.75, 3.05) is 11.5 Å². The summed E-state index contributed by atoms with van der Waals surface area (Å²) in [6.07, 6.45) is 1.68. The predicted molar refractivity (Wildman–Crippen MR) is 89.8 cm³/mol. The molecule has 1 aromatic rings. The Balaban J connectivity index is 2.28. The third-order valence-electron chi connectivity index (χ3n) is 3.71. The summed E-state index contributed by atoms with van der Waals surface area (Å²) < 4.78 is 6.34. The molecule has 0 saturated heterocycles. The zero-order valence-electron chi connectivity index (χ0n) is 13.3. The highest BCUT2D eigenvalue weighted by molar-refractivity contribution is 9.10. The van der Waals surface area contributed by atoms with Crippen LogP contribution in [-0.4, -0.2) is 24.5 Å². The Labute approximate surface area is 140 Å². The van der Waals surface area contributed by atoms with E-state index in [1.807, 2.05) is 39.0 Å². The second kappa shape index (κ2) is 7.27. The smallest absolute Gasteiger partial charge is 0.329 e. The van der Waals surface area contributed by atoms with Crippen LogP contribution < -0.4 is 4.90 Å². The Bertz CT molecular complexity index is 571. The number of ether oxygens (including phenoxy) is 1. The molecule has 0 aromatic heterocycles. The molecule has 0 N–H and O–H groups in total. The molecule has 2 rings (SSSR count). The summed E-state index contributed by atoms with van der Waals surface area (Å²) in [7, 11) is 0. The van der Waals surface area contributed by atoms with Crippen molar-refractivity contribution in [3.05, 3.63) is 28.2 Å². The van der Waals surface area contributed by atoms with E-state index in [9.17, 15) is 9.59 Å². The summed E-state index contributed by atoms with van der Waals surface area (Å²) in [6, 6.07) is 5.26. The Kier molecular flexibility index (Phi) is 5.62. The van der Waals surface area contributed by atoms with E-state index in [1.165, 1.54) is 0 Å². The van der Waals surface area contributed by atoms with Crippen LogP contribution in [0.3, 0.4) is 0 Å². The minimum Gasteiger partial charge on any atom is -0.464 e.